The molecule has 29 heavy (non-hydrogen) atoms. The Bertz CT molecular complexity index is 1180. The average Bonchev–Trinajstić information content (AvgIpc) is 3.18. The van der Waals surface area contributed by atoms with Gasteiger partial charge in [0.1, 0.15) is 5.82 Å². The van der Waals surface area contributed by atoms with Crippen LogP contribution in [0.3, 0.4) is 0 Å². The summed E-state index contributed by atoms with van der Waals surface area (Å²) >= 11 is 0. The Kier molecular flexibility index (Phi) is 6.04. The maximum Gasteiger partial charge on any atom is 0.119 e. The smallest absolute Gasteiger partial charge is 0.119 e. The van der Waals surface area contributed by atoms with Crippen molar-refractivity contribution < 1.29 is 0 Å². The minimum Gasteiger partial charge on any atom is -0.303 e. The number of imidazole rings is 1. The molecule has 0 N–H and O–H groups in total. The van der Waals surface area contributed by atoms with E-state index in [2.05, 4.69) is 17.1 Å². The first kappa shape index (κ1) is 19.8. The summed E-state index contributed by atoms with van der Waals surface area (Å²) in [5.74, 6) is 0.850. The van der Waals surface area contributed by atoms with Crippen LogP contribution >= 0.6 is 12.4 Å². The molecule has 0 radical (unpaired) electrons. The number of pyridine rings is 1. The second kappa shape index (κ2) is 8.84. The second-order valence-corrected chi connectivity index (χ2v) is 6.26. The molecule has 0 amide bonds. The van der Waals surface area contributed by atoms with Crippen LogP contribution in [0, 0.1) is 22.7 Å². The summed E-state index contributed by atoms with van der Waals surface area (Å²) in [5, 5.41) is 18.0. The van der Waals surface area contributed by atoms with Gasteiger partial charge in [0.05, 0.1) is 29.0 Å². The Morgan fingerprint density at radius 3 is 2.07 bits per heavy atom. The fourth-order valence-corrected chi connectivity index (χ4v) is 2.98. The Hall–Kier alpha value is -3.93. The van der Waals surface area contributed by atoms with E-state index in [9.17, 15) is 0 Å². The van der Waals surface area contributed by atoms with Crippen molar-refractivity contribution in [2.75, 3.05) is 0 Å². The van der Waals surface area contributed by atoms with E-state index in [1.54, 1.807) is 30.5 Å². The predicted molar refractivity (Wildman–Crippen MR) is 113 cm³/mol. The molecule has 0 unspecified atom stereocenters. The van der Waals surface area contributed by atoms with Gasteiger partial charge in [0, 0.05) is 35.8 Å². The van der Waals surface area contributed by atoms with Crippen LogP contribution in [0.4, 0.5) is 0 Å². The lowest BCUT2D eigenvalue weighted by molar-refractivity contribution is 0.892. The van der Waals surface area contributed by atoms with E-state index in [0.29, 0.717) is 17.5 Å². The first-order valence-electron chi connectivity index (χ1n) is 8.76. The summed E-state index contributed by atoms with van der Waals surface area (Å²) in [6, 6.07) is 24.9. The molecule has 0 aliphatic carbocycles. The van der Waals surface area contributed by atoms with Crippen LogP contribution in [-0.2, 0) is 6.42 Å². The van der Waals surface area contributed by atoms with Gasteiger partial charge >= 0.3 is 0 Å². The zero-order valence-electron chi connectivity index (χ0n) is 15.4. The van der Waals surface area contributed by atoms with Crippen molar-refractivity contribution >= 4 is 12.4 Å². The van der Waals surface area contributed by atoms with Gasteiger partial charge in [-0.3, -0.25) is 4.98 Å². The monoisotopic (exact) mass is 397 g/mol. The van der Waals surface area contributed by atoms with Crippen molar-refractivity contribution in [1.29, 1.82) is 10.5 Å². The number of rotatable bonds is 4. The summed E-state index contributed by atoms with van der Waals surface area (Å²) in [5.41, 5.74) is 4.84. The van der Waals surface area contributed by atoms with E-state index in [0.717, 1.165) is 28.5 Å². The van der Waals surface area contributed by atoms with E-state index in [1.807, 2.05) is 53.2 Å². The van der Waals surface area contributed by atoms with Crippen molar-refractivity contribution in [3.05, 3.63) is 102 Å². The average molecular weight is 398 g/mol. The predicted octanol–water partition coefficient (Wildman–Crippen LogP) is 4.69. The number of benzene rings is 2. The van der Waals surface area contributed by atoms with Gasteiger partial charge in [-0.2, -0.15) is 10.5 Å². The number of halogens is 1. The molecule has 0 bridgehead atoms. The molecule has 2 aromatic carbocycles. The molecule has 2 aromatic heterocycles. The molecule has 5 nitrogen and oxygen atoms in total. The van der Waals surface area contributed by atoms with E-state index < -0.39 is 0 Å². The third kappa shape index (κ3) is 4.32. The highest BCUT2D eigenvalue weighted by atomic mass is 35.5. The molecule has 0 atom stereocenters. The molecule has 0 aliphatic rings. The van der Waals surface area contributed by atoms with Crippen molar-refractivity contribution in [1.82, 2.24) is 14.5 Å². The van der Waals surface area contributed by atoms with Crippen molar-refractivity contribution in [2.24, 2.45) is 0 Å². The largest absolute Gasteiger partial charge is 0.303 e. The highest BCUT2D eigenvalue weighted by Crippen LogP contribution is 2.23. The van der Waals surface area contributed by atoms with E-state index >= 15 is 0 Å². The van der Waals surface area contributed by atoms with Crippen molar-refractivity contribution in [2.45, 2.75) is 6.42 Å². The first-order valence-corrected chi connectivity index (χ1v) is 8.76. The van der Waals surface area contributed by atoms with Gasteiger partial charge in [0.15, 0.2) is 0 Å². The minimum absolute atomic E-state index is 0. The highest BCUT2D eigenvalue weighted by molar-refractivity contribution is 5.85. The van der Waals surface area contributed by atoms with Gasteiger partial charge in [0.2, 0.25) is 0 Å². The fourth-order valence-electron chi connectivity index (χ4n) is 2.98. The van der Waals surface area contributed by atoms with Crippen molar-refractivity contribution in [3.8, 4) is 29.1 Å². The second-order valence-electron chi connectivity index (χ2n) is 6.26. The van der Waals surface area contributed by atoms with E-state index in [1.165, 1.54) is 0 Å². The normalized spacial score (nSPS) is 9.86. The summed E-state index contributed by atoms with van der Waals surface area (Å²) < 4.78 is 2.02. The number of aromatic nitrogens is 3. The lowest BCUT2D eigenvalue weighted by Gasteiger charge is -2.07. The quantitative estimate of drug-likeness (QED) is 0.500. The molecule has 2 heterocycles. The fraction of sp³-hybridized carbons (Fsp3) is 0.0435. The molecule has 0 fully saturated rings. The van der Waals surface area contributed by atoms with Gasteiger partial charge in [-0.05, 0) is 48.5 Å². The van der Waals surface area contributed by atoms with Crippen LogP contribution in [0.1, 0.15) is 22.6 Å². The standard InChI is InChI=1S/C23H15N5.ClH/c24-14-17-4-8-19(9-5-17)22-16-28(21-10-6-18(15-25)7-11-21)23(27-22)13-20-3-1-2-12-26-20;/h1-12,16H,13H2;1H. The third-order valence-corrected chi connectivity index (χ3v) is 4.43. The minimum atomic E-state index is 0. The molecule has 0 saturated carbocycles. The summed E-state index contributed by atoms with van der Waals surface area (Å²) in [4.78, 5) is 9.23. The zero-order valence-corrected chi connectivity index (χ0v) is 16.2. The lowest BCUT2D eigenvalue weighted by Crippen LogP contribution is -2.02. The van der Waals surface area contributed by atoms with Gasteiger partial charge in [-0.1, -0.05) is 18.2 Å². The van der Waals surface area contributed by atoms with Crippen LogP contribution < -0.4 is 0 Å². The van der Waals surface area contributed by atoms with Gasteiger partial charge in [0.25, 0.3) is 0 Å². The van der Waals surface area contributed by atoms with Crippen LogP contribution in [0.15, 0.2) is 79.1 Å². The van der Waals surface area contributed by atoms with Crippen LogP contribution in [-0.4, -0.2) is 14.5 Å². The molecular weight excluding hydrogens is 382 g/mol. The molecule has 4 rings (SSSR count). The maximum atomic E-state index is 9.04. The molecule has 0 aliphatic heterocycles. The Balaban J connectivity index is 0.00000240. The summed E-state index contributed by atoms with van der Waals surface area (Å²) in [6.45, 7) is 0. The molecule has 0 spiro atoms. The molecular formula is C23H16ClN5. The van der Waals surface area contributed by atoms with Gasteiger partial charge < -0.3 is 4.57 Å². The van der Waals surface area contributed by atoms with Crippen molar-refractivity contribution in [3.63, 3.8) is 0 Å². The molecule has 6 heteroatoms. The maximum absolute atomic E-state index is 9.04. The SMILES string of the molecule is Cl.N#Cc1ccc(-c2cn(-c3ccc(C#N)cc3)c(Cc3ccccn3)n2)cc1. The highest BCUT2D eigenvalue weighted by Gasteiger charge is 2.13. The number of nitriles is 2. The van der Waals surface area contributed by atoms with Crippen LogP contribution in [0.5, 0.6) is 0 Å². The van der Waals surface area contributed by atoms with Crippen LogP contribution in [0.2, 0.25) is 0 Å². The first-order chi connectivity index (χ1) is 13.8. The van der Waals surface area contributed by atoms with Gasteiger partial charge in [-0.25, -0.2) is 4.98 Å². The third-order valence-electron chi connectivity index (χ3n) is 4.43. The Morgan fingerprint density at radius 1 is 0.828 bits per heavy atom. The number of nitrogens with zero attached hydrogens (tertiary/aromatic N) is 5. The lowest BCUT2D eigenvalue weighted by atomic mass is 10.1. The molecule has 4 aromatic rings. The number of hydrogen-bond donors (Lipinski definition) is 0. The zero-order chi connectivity index (χ0) is 19.3. The summed E-state index contributed by atoms with van der Waals surface area (Å²) in [6.07, 6.45) is 4.32. The van der Waals surface area contributed by atoms with Gasteiger partial charge in [-0.15, -0.1) is 12.4 Å². The molecule has 140 valence electrons. The van der Waals surface area contributed by atoms with Crippen LogP contribution in [0.25, 0.3) is 16.9 Å². The Morgan fingerprint density at radius 2 is 1.48 bits per heavy atom. The van der Waals surface area contributed by atoms with E-state index in [4.69, 9.17) is 15.5 Å². The topological polar surface area (TPSA) is 78.3 Å². The Labute approximate surface area is 174 Å². The number of hydrogen-bond acceptors (Lipinski definition) is 4. The van der Waals surface area contributed by atoms with E-state index in [-0.39, 0.29) is 12.4 Å². The molecule has 0 saturated heterocycles. The summed E-state index contributed by atoms with van der Waals surface area (Å²) in [7, 11) is 0.